The Bertz CT molecular complexity index is 1430. The van der Waals surface area contributed by atoms with Crippen molar-refractivity contribution in [3.05, 3.63) is 36.5 Å². The standard InChI is InChI=1S/C82H157NO5/c1-3-5-7-9-11-13-15-17-19-20-21-41-44-47-50-54-58-62-66-70-74-80(85)79(78-84)83-81(86)75-71-67-63-59-55-51-48-45-42-39-37-35-33-31-29-27-25-23-22-24-26-28-30-32-34-36-38-40-43-46-49-53-57-61-65-69-73-77-88-82(87)76-72-68-64-60-56-52-18-16-14-12-10-8-6-4-2/h16,18,22,24,28,30,79-80,84-85H,3-15,17,19-21,23,25-27,29,31-78H2,1-2H3,(H,83,86)/b18-16-,24-22-,30-28-. The molecule has 0 aliphatic heterocycles. The van der Waals surface area contributed by atoms with Crippen LogP contribution in [0, 0.1) is 0 Å². The van der Waals surface area contributed by atoms with Gasteiger partial charge in [0.2, 0.25) is 5.91 Å². The number of nitrogens with one attached hydrogen (secondary N) is 1. The van der Waals surface area contributed by atoms with E-state index in [9.17, 15) is 19.8 Å². The molecule has 2 atom stereocenters. The van der Waals surface area contributed by atoms with Crippen molar-refractivity contribution in [3.8, 4) is 0 Å². The first-order valence-electron chi connectivity index (χ1n) is 40.2. The van der Waals surface area contributed by atoms with Gasteiger partial charge in [0.05, 0.1) is 25.4 Å². The van der Waals surface area contributed by atoms with Crippen molar-refractivity contribution < 1.29 is 24.5 Å². The van der Waals surface area contributed by atoms with E-state index in [4.69, 9.17) is 4.74 Å². The molecule has 0 aromatic carbocycles. The number of amides is 1. The van der Waals surface area contributed by atoms with Crippen LogP contribution in [-0.4, -0.2) is 47.4 Å². The van der Waals surface area contributed by atoms with E-state index in [-0.39, 0.29) is 18.5 Å². The highest BCUT2D eigenvalue weighted by molar-refractivity contribution is 5.76. The molecular weight excluding hydrogens is 1080 g/mol. The third-order valence-corrected chi connectivity index (χ3v) is 18.9. The second-order valence-electron chi connectivity index (χ2n) is 27.7. The zero-order valence-electron chi connectivity index (χ0n) is 59.7. The molecule has 0 aliphatic carbocycles. The first kappa shape index (κ1) is 86.1. The van der Waals surface area contributed by atoms with Crippen molar-refractivity contribution in [1.29, 1.82) is 0 Å². The van der Waals surface area contributed by atoms with E-state index in [1.54, 1.807) is 0 Å². The van der Waals surface area contributed by atoms with Gasteiger partial charge in [-0.05, 0) is 83.5 Å². The molecule has 0 saturated carbocycles. The van der Waals surface area contributed by atoms with Crippen LogP contribution in [0.15, 0.2) is 36.5 Å². The fourth-order valence-corrected chi connectivity index (χ4v) is 12.8. The summed E-state index contributed by atoms with van der Waals surface area (Å²) in [5, 5.41) is 23.4. The van der Waals surface area contributed by atoms with Gasteiger partial charge in [-0.1, -0.05) is 391 Å². The van der Waals surface area contributed by atoms with Crippen molar-refractivity contribution in [2.75, 3.05) is 13.2 Å². The van der Waals surface area contributed by atoms with Gasteiger partial charge in [-0.15, -0.1) is 0 Å². The molecule has 0 heterocycles. The zero-order chi connectivity index (χ0) is 63.5. The largest absolute Gasteiger partial charge is 0.466 e. The van der Waals surface area contributed by atoms with Crippen molar-refractivity contribution in [2.45, 2.75) is 463 Å². The summed E-state index contributed by atoms with van der Waals surface area (Å²) in [7, 11) is 0. The smallest absolute Gasteiger partial charge is 0.305 e. The average molecular weight is 1240 g/mol. The Hall–Kier alpha value is -1.92. The summed E-state index contributed by atoms with van der Waals surface area (Å²) in [4.78, 5) is 24.6. The summed E-state index contributed by atoms with van der Waals surface area (Å²) < 4.78 is 5.49. The number of hydrogen-bond acceptors (Lipinski definition) is 5. The van der Waals surface area contributed by atoms with Crippen LogP contribution in [0.1, 0.15) is 450 Å². The molecule has 0 aromatic rings. The summed E-state index contributed by atoms with van der Waals surface area (Å²) in [6.07, 6.45) is 101. The lowest BCUT2D eigenvalue weighted by Gasteiger charge is -2.22. The molecule has 6 nitrogen and oxygen atoms in total. The van der Waals surface area contributed by atoms with Crippen molar-refractivity contribution in [3.63, 3.8) is 0 Å². The molecule has 1 amide bonds. The quantitative estimate of drug-likeness (QED) is 0.0320. The van der Waals surface area contributed by atoms with Crippen LogP contribution in [0.25, 0.3) is 0 Å². The number of unbranched alkanes of at least 4 members (excludes halogenated alkanes) is 59. The highest BCUT2D eigenvalue weighted by Gasteiger charge is 2.20. The second kappa shape index (κ2) is 77.5. The summed E-state index contributed by atoms with van der Waals surface area (Å²) in [6, 6.07) is -0.540. The molecule has 6 heteroatoms. The number of hydrogen-bond donors (Lipinski definition) is 3. The third kappa shape index (κ3) is 73.1. The molecule has 0 saturated heterocycles. The normalized spacial score (nSPS) is 12.6. The van der Waals surface area contributed by atoms with Crippen LogP contribution in [-0.2, 0) is 14.3 Å². The number of esters is 1. The van der Waals surface area contributed by atoms with Gasteiger partial charge in [0.25, 0.3) is 0 Å². The number of rotatable bonds is 76. The van der Waals surface area contributed by atoms with Gasteiger partial charge < -0.3 is 20.3 Å². The number of carbonyl (C=O) groups excluding carboxylic acids is 2. The second-order valence-corrected chi connectivity index (χ2v) is 27.7. The highest BCUT2D eigenvalue weighted by atomic mass is 16.5. The monoisotopic (exact) mass is 1240 g/mol. The average Bonchev–Trinajstić information content (AvgIpc) is 3.58. The summed E-state index contributed by atoms with van der Waals surface area (Å²) in [5.74, 6) is -0.0166. The minimum absolute atomic E-state index is 0.0108. The SMILES string of the molecule is CCCCCCC/C=C\CCCCCCCC(=O)OCCCCCCCCCCCCCCC/C=C\C/C=C\CCCCCCCCCCCCCCCCCCCC(=O)NC(CO)C(O)CCCCCCCCCCCCCCCCCCCCCC. The van der Waals surface area contributed by atoms with E-state index < -0.39 is 12.1 Å². The van der Waals surface area contributed by atoms with Gasteiger partial charge in [-0.2, -0.15) is 0 Å². The van der Waals surface area contributed by atoms with Gasteiger partial charge in [0, 0.05) is 12.8 Å². The molecule has 0 rings (SSSR count). The maximum atomic E-state index is 12.6. The Kier molecular flexibility index (Phi) is 75.8. The first-order chi connectivity index (χ1) is 43.5. The number of aliphatic hydroxyl groups excluding tert-OH is 2. The molecule has 0 fully saturated rings. The van der Waals surface area contributed by atoms with Gasteiger partial charge in [0.15, 0.2) is 0 Å². The fraction of sp³-hybridized carbons (Fsp3) is 0.902. The number of aliphatic hydroxyl groups is 2. The molecule has 0 radical (unpaired) electrons. The molecule has 88 heavy (non-hydrogen) atoms. The lowest BCUT2D eigenvalue weighted by molar-refractivity contribution is -0.143. The van der Waals surface area contributed by atoms with Crippen LogP contribution in [0.3, 0.4) is 0 Å². The minimum Gasteiger partial charge on any atom is -0.466 e. The van der Waals surface area contributed by atoms with Gasteiger partial charge in [-0.25, -0.2) is 0 Å². The van der Waals surface area contributed by atoms with Crippen LogP contribution in [0.2, 0.25) is 0 Å². The van der Waals surface area contributed by atoms with Crippen molar-refractivity contribution in [2.24, 2.45) is 0 Å². The van der Waals surface area contributed by atoms with E-state index >= 15 is 0 Å². The van der Waals surface area contributed by atoms with E-state index in [1.807, 2.05) is 0 Å². The number of allylic oxidation sites excluding steroid dienone is 6. The molecule has 0 spiro atoms. The van der Waals surface area contributed by atoms with Gasteiger partial charge >= 0.3 is 5.97 Å². The minimum atomic E-state index is -0.663. The van der Waals surface area contributed by atoms with E-state index in [0.717, 1.165) is 51.4 Å². The lowest BCUT2D eigenvalue weighted by Crippen LogP contribution is -2.45. The van der Waals surface area contributed by atoms with E-state index in [0.29, 0.717) is 25.9 Å². The van der Waals surface area contributed by atoms with Crippen LogP contribution < -0.4 is 5.32 Å². The van der Waals surface area contributed by atoms with E-state index in [1.165, 1.54) is 366 Å². The molecule has 0 aliphatic rings. The van der Waals surface area contributed by atoms with Crippen molar-refractivity contribution in [1.82, 2.24) is 5.32 Å². The van der Waals surface area contributed by atoms with Crippen LogP contribution >= 0.6 is 0 Å². The summed E-state index contributed by atoms with van der Waals surface area (Å²) in [5.41, 5.74) is 0. The first-order valence-corrected chi connectivity index (χ1v) is 40.2. The lowest BCUT2D eigenvalue weighted by atomic mass is 10.0. The molecule has 0 bridgehead atoms. The van der Waals surface area contributed by atoms with E-state index in [2.05, 4.69) is 55.6 Å². The number of carbonyl (C=O) groups is 2. The van der Waals surface area contributed by atoms with Crippen LogP contribution in [0.5, 0.6) is 0 Å². The number of ether oxygens (including phenoxy) is 1. The third-order valence-electron chi connectivity index (χ3n) is 18.9. The molecule has 2 unspecified atom stereocenters. The predicted octanol–water partition coefficient (Wildman–Crippen LogP) is 26.6. The summed E-state index contributed by atoms with van der Waals surface area (Å²) >= 11 is 0. The zero-order valence-corrected chi connectivity index (χ0v) is 59.7. The molecular formula is C82H157NO5. The molecule has 520 valence electrons. The maximum Gasteiger partial charge on any atom is 0.305 e. The Balaban J connectivity index is 3.36. The molecule has 3 N–H and O–H groups in total. The predicted molar refractivity (Wildman–Crippen MR) is 389 cm³/mol. The molecule has 0 aromatic heterocycles. The van der Waals surface area contributed by atoms with Crippen molar-refractivity contribution >= 4 is 11.9 Å². The Morgan fingerprint density at radius 3 is 0.875 bits per heavy atom. The Labute approximate surface area is 551 Å². The van der Waals surface area contributed by atoms with Gasteiger partial charge in [0.1, 0.15) is 0 Å². The summed E-state index contributed by atoms with van der Waals surface area (Å²) in [6.45, 7) is 4.99. The maximum absolute atomic E-state index is 12.6. The highest BCUT2D eigenvalue weighted by Crippen LogP contribution is 2.20. The Morgan fingerprint density at radius 1 is 0.318 bits per heavy atom. The topological polar surface area (TPSA) is 95.9 Å². The van der Waals surface area contributed by atoms with Gasteiger partial charge in [-0.3, -0.25) is 9.59 Å². The fourth-order valence-electron chi connectivity index (χ4n) is 12.8. The van der Waals surface area contributed by atoms with Crippen LogP contribution in [0.4, 0.5) is 0 Å². The Morgan fingerprint density at radius 2 is 0.568 bits per heavy atom.